The van der Waals surface area contributed by atoms with Gasteiger partial charge in [-0.1, -0.05) is 62.9 Å². The van der Waals surface area contributed by atoms with Gasteiger partial charge in [0.15, 0.2) is 0 Å². The average molecular weight is 225 g/mol. The van der Waals surface area contributed by atoms with Crippen molar-refractivity contribution in [2.24, 2.45) is 0 Å². The van der Waals surface area contributed by atoms with Crippen molar-refractivity contribution in [1.29, 1.82) is 0 Å². The highest BCUT2D eigenvalue weighted by Crippen LogP contribution is 2.17. The van der Waals surface area contributed by atoms with E-state index < -0.39 is 0 Å². The van der Waals surface area contributed by atoms with E-state index in [1.165, 1.54) is 54.9 Å². The van der Waals surface area contributed by atoms with Crippen LogP contribution in [-0.2, 0) is 6.42 Å². The van der Waals surface area contributed by atoms with Crippen molar-refractivity contribution >= 4 is 10.8 Å². The van der Waals surface area contributed by atoms with Crippen LogP contribution in [0.15, 0.2) is 36.4 Å². The molecule has 0 heteroatoms. The Kier molecular flexibility index (Phi) is 4.61. The van der Waals surface area contributed by atoms with E-state index in [0.29, 0.717) is 0 Å². The van der Waals surface area contributed by atoms with Crippen molar-refractivity contribution in [1.82, 2.24) is 0 Å². The van der Waals surface area contributed by atoms with Crippen LogP contribution in [0, 0.1) is 6.07 Å². The standard InChI is InChI=1S/C17H21/c1-2-3-4-5-6-9-15-12-13-16-10-7-8-11-17(16)14-15/h7,10-14H,2-6,9H2,1H3. The summed E-state index contributed by atoms with van der Waals surface area (Å²) in [5, 5.41) is 2.64. The summed E-state index contributed by atoms with van der Waals surface area (Å²) in [6.07, 6.45) is 8.00. The minimum absolute atomic E-state index is 1.22. The number of fused-ring (bicyclic) bond motifs is 1. The van der Waals surface area contributed by atoms with Crippen LogP contribution in [0.5, 0.6) is 0 Å². The highest BCUT2D eigenvalue weighted by Gasteiger charge is 1.96. The predicted octanol–water partition coefficient (Wildman–Crippen LogP) is 5.15. The first-order valence-corrected chi connectivity index (χ1v) is 6.79. The van der Waals surface area contributed by atoms with Gasteiger partial charge in [0.25, 0.3) is 0 Å². The molecular formula is C17H21. The van der Waals surface area contributed by atoms with E-state index in [-0.39, 0.29) is 0 Å². The Labute approximate surface area is 105 Å². The lowest BCUT2D eigenvalue weighted by atomic mass is 10.0. The van der Waals surface area contributed by atoms with Crippen molar-refractivity contribution < 1.29 is 0 Å². The normalized spacial score (nSPS) is 10.9. The molecule has 0 heterocycles. The molecule has 0 aliphatic carbocycles. The van der Waals surface area contributed by atoms with Crippen molar-refractivity contribution in [2.75, 3.05) is 0 Å². The molecule has 0 saturated carbocycles. The molecule has 0 spiro atoms. The summed E-state index contributed by atoms with van der Waals surface area (Å²) in [4.78, 5) is 0. The summed E-state index contributed by atoms with van der Waals surface area (Å²) in [5.41, 5.74) is 1.47. The van der Waals surface area contributed by atoms with Gasteiger partial charge in [0.1, 0.15) is 0 Å². The number of benzene rings is 2. The molecule has 0 atom stereocenters. The van der Waals surface area contributed by atoms with E-state index in [1.807, 2.05) is 6.07 Å². The first-order chi connectivity index (χ1) is 8.40. The second kappa shape index (κ2) is 6.44. The molecule has 0 bridgehead atoms. The third kappa shape index (κ3) is 3.59. The highest BCUT2D eigenvalue weighted by molar-refractivity contribution is 5.82. The summed E-state index contributed by atoms with van der Waals surface area (Å²) in [5.74, 6) is 0. The van der Waals surface area contributed by atoms with Gasteiger partial charge in [-0.25, -0.2) is 0 Å². The van der Waals surface area contributed by atoms with Crippen LogP contribution < -0.4 is 0 Å². The molecule has 0 amide bonds. The van der Waals surface area contributed by atoms with Crippen molar-refractivity contribution in [2.45, 2.75) is 45.4 Å². The van der Waals surface area contributed by atoms with Gasteiger partial charge in [-0.2, -0.15) is 0 Å². The maximum absolute atomic E-state index is 3.15. The molecule has 1 radical (unpaired) electrons. The van der Waals surface area contributed by atoms with E-state index >= 15 is 0 Å². The molecule has 2 aromatic carbocycles. The van der Waals surface area contributed by atoms with Crippen LogP contribution in [0.25, 0.3) is 10.8 Å². The summed E-state index contributed by atoms with van der Waals surface area (Å²) >= 11 is 0. The van der Waals surface area contributed by atoms with Gasteiger partial charge < -0.3 is 0 Å². The summed E-state index contributed by atoms with van der Waals surface area (Å²) in [7, 11) is 0. The van der Waals surface area contributed by atoms with Crippen LogP contribution in [0.1, 0.15) is 44.6 Å². The molecule has 17 heavy (non-hydrogen) atoms. The van der Waals surface area contributed by atoms with Gasteiger partial charge in [0.2, 0.25) is 0 Å². The van der Waals surface area contributed by atoms with Crippen LogP contribution in [0.4, 0.5) is 0 Å². The number of rotatable bonds is 6. The quantitative estimate of drug-likeness (QED) is 0.596. The highest BCUT2D eigenvalue weighted by atomic mass is 14.0. The molecular weight excluding hydrogens is 204 g/mol. The molecule has 0 saturated heterocycles. The average Bonchev–Trinajstić information content (AvgIpc) is 2.38. The monoisotopic (exact) mass is 225 g/mol. The first kappa shape index (κ1) is 12.2. The Hall–Kier alpha value is -1.30. The van der Waals surface area contributed by atoms with Gasteiger partial charge in [-0.15, -0.1) is 0 Å². The minimum Gasteiger partial charge on any atom is -0.0654 e. The van der Waals surface area contributed by atoms with E-state index in [9.17, 15) is 0 Å². The molecule has 0 fully saturated rings. The molecule has 2 aromatic rings. The second-order valence-corrected chi connectivity index (χ2v) is 4.77. The van der Waals surface area contributed by atoms with Crippen LogP contribution >= 0.6 is 0 Å². The molecule has 0 aliphatic heterocycles. The Morgan fingerprint density at radius 2 is 1.82 bits per heavy atom. The smallest absolute Gasteiger partial charge is 0.0175 e. The zero-order valence-electron chi connectivity index (χ0n) is 10.7. The molecule has 0 N–H and O–H groups in total. The van der Waals surface area contributed by atoms with Gasteiger partial charge in [0.05, 0.1) is 0 Å². The van der Waals surface area contributed by atoms with E-state index in [1.54, 1.807) is 0 Å². The third-order valence-electron chi connectivity index (χ3n) is 3.32. The van der Waals surface area contributed by atoms with E-state index in [4.69, 9.17) is 0 Å². The minimum atomic E-state index is 1.22. The summed E-state index contributed by atoms with van der Waals surface area (Å²) in [6.45, 7) is 2.26. The Balaban J connectivity index is 1.90. The largest absolute Gasteiger partial charge is 0.0654 e. The Bertz CT molecular complexity index is 456. The maximum Gasteiger partial charge on any atom is -0.0175 e. The van der Waals surface area contributed by atoms with Crippen LogP contribution in [0.3, 0.4) is 0 Å². The third-order valence-corrected chi connectivity index (χ3v) is 3.32. The predicted molar refractivity (Wildman–Crippen MR) is 75.2 cm³/mol. The first-order valence-electron chi connectivity index (χ1n) is 6.79. The molecule has 2 rings (SSSR count). The molecule has 0 aliphatic rings. The molecule has 0 unspecified atom stereocenters. The fourth-order valence-corrected chi connectivity index (χ4v) is 2.26. The maximum atomic E-state index is 3.15. The van der Waals surface area contributed by atoms with Gasteiger partial charge in [-0.05, 0) is 41.3 Å². The summed E-state index contributed by atoms with van der Waals surface area (Å²) in [6, 6.07) is 16.1. The van der Waals surface area contributed by atoms with Crippen molar-refractivity contribution in [3.05, 3.63) is 48.0 Å². The topological polar surface area (TPSA) is 0 Å². The lowest BCUT2D eigenvalue weighted by molar-refractivity contribution is 0.632. The van der Waals surface area contributed by atoms with Crippen LogP contribution in [0.2, 0.25) is 0 Å². The molecule has 0 aromatic heterocycles. The fourth-order valence-electron chi connectivity index (χ4n) is 2.26. The lowest BCUT2D eigenvalue weighted by Crippen LogP contribution is -1.86. The number of aryl methyl sites for hydroxylation is 1. The Morgan fingerprint density at radius 3 is 2.71 bits per heavy atom. The van der Waals surface area contributed by atoms with Crippen molar-refractivity contribution in [3.8, 4) is 0 Å². The zero-order chi connectivity index (χ0) is 11.9. The molecule has 89 valence electrons. The van der Waals surface area contributed by atoms with Gasteiger partial charge >= 0.3 is 0 Å². The number of hydrogen-bond acceptors (Lipinski definition) is 0. The number of unbranched alkanes of at least 4 members (excludes halogenated alkanes) is 4. The summed E-state index contributed by atoms with van der Waals surface area (Å²) < 4.78 is 0. The SMILES string of the molecule is CCCCCCCc1ccc2cc[c]cc2c1. The zero-order valence-corrected chi connectivity index (χ0v) is 10.7. The fraction of sp³-hybridized carbons (Fsp3) is 0.412. The second-order valence-electron chi connectivity index (χ2n) is 4.77. The van der Waals surface area contributed by atoms with E-state index in [2.05, 4.69) is 43.3 Å². The van der Waals surface area contributed by atoms with Gasteiger partial charge in [0, 0.05) is 0 Å². The Morgan fingerprint density at radius 1 is 0.941 bits per heavy atom. The van der Waals surface area contributed by atoms with Crippen LogP contribution in [-0.4, -0.2) is 0 Å². The van der Waals surface area contributed by atoms with Crippen molar-refractivity contribution in [3.63, 3.8) is 0 Å². The van der Waals surface area contributed by atoms with E-state index in [0.717, 1.165) is 0 Å². The number of hydrogen-bond donors (Lipinski definition) is 0. The van der Waals surface area contributed by atoms with Gasteiger partial charge in [-0.3, -0.25) is 0 Å². The molecule has 0 nitrogen and oxygen atoms in total. The lowest BCUT2D eigenvalue weighted by Gasteiger charge is -2.03.